The first kappa shape index (κ1) is 16.0. The first-order chi connectivity index (χ1) is 8.95. The van der Waals surface area contributed by atoms with Crippen molar-refractivity contribution in [1.82, 2.24) is 4.90 Å². The van der Waals surface area contributed by atoms with Gasteiger partial charge in [0, 0.05) is 31.8 Å². The monoisotopic (exact) mass is 284 g/mol. The lowest BCUT2D eigenvalue weighted by Gasteiger charge is -2.27. The summed E-state index contributed by atoms with van der Waals surface area (Å²) in [6.07, 6.45) is 0. The molecule has 1 aromatic carbocycles. The molecule has 0 unspecified atom stereocenters. The highest BCUT2D eigenvalue weighted by atomic mass is 32.1. The molecule has 0 radical (unpaired) electrons. The molecular formula is C14H21FN2OS. The molecule has 0 heterocycles. The summed E-state index contributed by atoms with van der Waals surface area (Å²) in [7, 11) is 1.68. The van der Waals surface area contributed by atoms with Gasteiger partial charge in [-0.05, 0) is 31.5 Å². The summed E-state index contributed by atoms with van der Waals surface area (Å²) >= 11 is 4.98. The first-order valence-electron chi connectivity index (χ1n) is 6.27. The highest BCUT2D eigenvalue weighted by Gasteiger charge is 2.14. The van der Waals surface area contributed by atoms with Gasteiger partial charge in [-0.15, -0.1) is 0 Å². The number of hydrogen-bond donors (Lipinski definition) is 1. The lowest BCUT2D eigenvalue weighted by atomic mass is 10.1. The third kappa shape index (κ3) is 4.86. The molecule has 1 rings (SSSR count). The highest BCUT2D eigenvalue weighted by Crippen LogP contribution is 2.15. The molecule has 0 saturated heterocycles. The van der Waals surface area contributed by atoms with Gasteiger partial charge in [-0.2, -0.15) is 0 Å². The number of nitrogens with two attached hydrogens (primary N) is 1. The van der Waals surface area contributed by atoms with Crippen molar-refractivity contribution >= 4 is 17.2 Å². The minimum Gasteiger partial charge on any atom is -0.389 e. The number of ether oxygens (including phenoxy) is 1. The fraction of sp³-hybridized carbons (Fsp3) is 0.500. The van der Waals surface area contributed by atoms with Crippen LogP contribution < -0.4 is 5.73 Å². The van der Waals surface area contributed by atoms with Crippen LogP contribution in [-0.4, -0.2) is 36.2 Å². The Bertz CT molecular complexity index is 437. The normalized spacial score (nSPS) is 11.3. The van der Waals surface area contributed by atoms with Gasteiger partial charge >= 0.3 is 0 Å². The van der Waals surface area contributed by atoms with Gasteiger partial charge in [0.25, 0.3) is 0 Å². The van der Waals surface area contributed by atoms with E-state index in [1.54, 1.807) is 13.2 Å². The van der Waals surface area contributed by atoms with E-state index >= 15 is 0 Å². The summed E-state index contributed by atoms with van der Waals surface area (Å²) in [5.74, 6) is -0.320. The molecule has 0 spiro atoms. The Balaban J connectivity index is 2.92. The Morgan fingerprint density at radius 2 is 2.16 bits per heavy atom. The van der Waals surface area contributed by atoms with E-state index < -0.39 is 0 Å². The molecule has 3 nitrogen and oxygen atoms in total. The summed E-state index contributed by atoms with van der Waals surface area (Å²) in [6, 6.07) is 4.93. The van der Waals surface area contributed by atoms with Gasteiger partial charge in [0.1, 0.15) is 10.8 Å². The second-order valence-corrected chi connectivity index (χ2v) is 5.16. The molecule has 0 atom stereocenters. The van der Waals surface area contributed by atoms with Gasteiger partial charge in [-0.1, -0.05) is 18.3 Å². The predicted molar refractivity (Wildman–Crippen MR) is 79.7 cm³/mol. The first-order valence-corrected chi connectivity index (χ1v) is 6.67. The summed E-state index contributed by atoms with van der Waals surface area (Å²) in [4.78, 5) is 2.46. The third-order valence-corrected chi connectivity index (χ3v) is 3.24. The Kier molecular flexibility index (Phi) is 6.34. The van der Waals surface area contributed by atoms with E-state index in [0.29, 0.717) is 24.8 Å². The second-order valence-electron chi connectivity index (χ2n) is 4.72. The quantitative estimate of drug-likeness (QED) is 0.780. The summed E-state index contributed by atoms with van der Waals surface area (Å²) in [6.45, 7) is 6.36. The van der Waals surface area contributed by atoms with Gasteiger partial charge < -0.3 is 10.5 Å². The summed E-state index contributed by atoms with van der Waals surface area (Å²) in [5.41, 5.74) is 7.21. The van der Waals surface area contributed by atoms with Gasteiger partial charge in [0.2, 0.25) is 0 Å². The standard InChI is InChI=1S/C14H21FN2OS/c1-10(2)17(6-7-18-3)9-11-4-5-12(15)8-13(11)14(16)19/h4-5,8,10H,6-7,9H2,1-3H3,(H2,16,19). The molecule has 0 aromatic heterocycles. The van der Waals surface area contributed by atoms with Crippen LogP contribution in [0.4, 0.5) is 4.39 Å². The predicted octanol–water partition coefficient (Wildman–Crippen LogP) is 2.32. The Labute approximate surface area is 119 Å². The van der Waals surface area contributed by atoms with Crippen molar-refractivity contribution in [2.45, 2.75) is 26.4 Å². The summed E-state index contributed by atoms with van der Waals surface area (Å²) < 4.78 is 18.4. The van der Waals surface area contributed by atoms with Crippen LogP contribution >= 0.6 is 12.2 Å². The van der Waals surface area contributed by atoms with E-state index in [1.807, 2.05) is 0 Å². The van der Waals surface area contributed by atoms with Gasteiger partial charge in [-0.25, -0.2) is 4.39 Å². The minimum absolute atomic E-state index is 0.227. The maximum Gasteiger partial charge on any atom is 0.123 e. The van der Waals surface area contributed by atoms with Gasteiger partial charge in [0.05, 0.1) is 6.61 Å². The molecule has 106 valence electrons. The van der Waals surface area contributed by atoms with Crippen molar-refractivity contribution in [2.24, 2.45) is 5.73 Å². The van der Waals surface area contributed by atoms with Crippen molar-refractivity contribution in [3.8, 4) is 0 Å². The molecule has 0 saturated carbocycles. The lowest BCUT2D eigenvalue weighted by molar-refractivity contribution is 0.125. The molecule has 0 aliphatic carbocycles. The van der Waals surface area contributed by atoms with Crippen LogP contribution in [0.15, 0.2) is 18.2 Å². The van der Waals surface area contributed by atoms with Gasteiger partial charge in [-0.3, -0.25) is 4.90 Å². The van der Waals surface area contributed by atoms with Crippen LogP contribution in [0.1, 0.15) is 25.0 Å². The topological polar surface area (TPSA) is 38.5 Å². The van der Waals surface area contributed by atoms with E-state index in [-0.39, 0.29) is 10.8 Å². The zero-order chi connectivity index (χ0) is 14.4. The number of methoxy groups -OCH3 is 1. The third-order valence-electron chi connectivity index (χ3n) is 3.02. The molecule has 0 aliphatic heterocycles. The highest BCUT2D eigenvalue weighted by molar-refractivity contribution is 7.80. The SMILES string of the molecule is COCCN(Cc1ccc(F)cc1C(N)=S)C(C)C. The number of nitrogens with zero attached hydrogens (tertiary/aromatic N) is 1. The average Bonchev–Trinajstić information content (AvgIpc) is 2.35. The number of thiocarbonyl (C=S) groups is 1. The van der Waals surface area contributed by atoms with Crippen LogP contribution in [0.2, 0.25) is 0 Å². The number of hydrogen-bond acceptors (Lipinski definition) is 3. The van der Waals surface area contributed by atoms with Crippen molar-refractivity contribution in [3.63, 3.8) is 0 Å². The second kappa shape index (κ2) is 7.53. The average molecular weight is 284 g/mol. The van der Waals surface area contributed by atoms with Crippen LogP contribution in [0, 0.1) is 5.82 Å². The Morgan fingerprint density at radius 1 is 1.47 bits per heavy atom. The van der Waals surface area contributed by atoms with Crippen LogP contribution in [0.3, 0.4) is 0 Å². The minimum atomic E-state index is -0.320. The smallest absolute Gasteiger partial charge is 0.123 e. The lowest BCUT2D eigenvalue weighted by Crippen LogP contribution is -2.34. The fourth-order valence-electron chi connectivity index (χ4n) is 1.86. The number of halogens is 1. The molecule has 0 fully saturated rings. The molecule has 19 heavy (non-hydrogen) atoms. The zero-order valence-electron chi connectivity index (χ0n) is 11.6. The molecule has 1 aromatic rings. The molecule has 5 heteroatoms. The van der Waals surface area contributed by atoms with E-state index in [1.165, 1.54) is 12.1 Å². The van der Waals surface area contributed by atoms with Crippen molar-refractivity contribution in [3.05, 3.63) is 35.1 Å². The van der Waals surface area contributed by atoms with Crippen LogP contribution in [0.5, 0.6) is 0 Å². The van der Waals surface area contributed by atoms with E-state index in [4.69, 9.17) is 22.7 Å². The largest absolute Gasteiger partial charge is 0.389 e. The maximum absolute atomic E-state index is 13.3. The van der Waals surface area contributed by atoms with Crippen molar-refractivity contribution in [1.29, 1.82) is 0 Å². The Morgan fingerprint density at radius 3 is 2.68 bits per heavy atom. The fourth-order valence-corrected chi connectivity index (χ4v) is 2.05. The van der Waals surface area contributed by atoms with Crippen molar-refractivity contribution in [2.75, 3.05) is 20.3 Å². The summed E-state index contributed by atoms with van der Waals surface area (Å²) in [5, 5.41) is 0. The zero-order valence-corrected chi connectivity index (χ0v) is 12.5. The molecule has 0 bridgehead atoms. The van der Waals surface area contributed by atoms with E-state index in [2.05, 4.69) is 18.7 Å². The van der Waals surface area contributed by atoms with Crippen LogP contribution in [-0.2, 0) is 11.3 Å². The Hall–Kier alpha value is -1.04. The molecular weight excluding hydrogens is 263 g/mol. The molecule has 0 aliphatic rings. The van der Waals surface area contributed by atoms with E-state index in [9.17, 15) is 4.39 Å². The van der Waals surface area contributed by atoms with Crippen LogP contribution in [0.25, 0.3) is 0 Å². The molecule has 0 amide bonds. The molecule has 2 N–H and O–H groups in total. The maximum atomic E-state index is 13.3. The van der Waals surface area contributed by atoms with E-state index in [0.717, 1.165) is 12.1 Å². The number of benzene rings is 1. The van der Waals surface area contributed by atoms with Crippen molar-refractivity contribution < 1.29 is 9.13 Å². The number of rotatable bonds is 7. The van der Waals surface area contributed by atoms with Gasteiger partial charge in [0.15, 0.2) is 0 Å².